The van der Waals surface area contributed by atoms with Gasteiger partial charge in [0.15, 0.2) is 0 Å². The zero-order chi connectivity index (χ0) is 10.8. The summed E-state index contributed by atoms with van der Waals surface area (Å²) in [7, 11) is -4.57. The molecule has 0 radical (unpaired) electrons. The van der Waals surface area contributed by atoms with Gasteiger partial charge < -0.3 is 0 Å². The van der Waals surface area contributed by atoms with Crippen LogP contribution in [0, 0.1) is 0 Å². The van der Waals surface area contributed by atoms with Crippen molar-refractivity contribution < 1.29 is 12.3 Å². The van der Waals surface area contributed by atoms with Gasteiger partial charge in [0.1, 0.15) is 0 Å². The second-order valence-electron chi connectivity index (χ2n) is 2.88. The van der Waals surface area contributed by atoms with E-state index in [1.54, 1.807) is 12.1 Å². The van der Waals surface area contributed by atoms with E-state index in [1.165, 1.54) is 12.1 Å². The van der Waals surface area contributed by atoms with E-state index in [2.05, 4.69) is 15.9 Å². The van der Waals surface area contributed by atoms with Gasteiger partial charge in [-0.3, -0.25) is 0 Å². The summed E-state index contributed by atoms with van der Waals surface area (Å²) in [5.74, 6) is 0. The molecule has 14 heavy (non-hydrogen) atoms. The molecule has 1 atom stereocenters. The van der Waals surface area contributed by atoms with Gasteiger partial charge in [0.05, 0.1) is 4.90 Å². The molecule has 0 aliphatic heterocycles. The van der Waals surface area contributed by atoms with Gasteiger partial charge >= 0.3 is 10.2 Å². The van der Waals surface area contributed by atoms with Crippen molar-refractivity contribution >= 4 is 26.2 Å². The van der Waals surface area contributed by atoms with Gasteiger partial charge in [0, 0.05) is 4.83 Å². The van der Waals surface area contributed by atoms with Crippen molar-refractivity contribution in [2.45, 2.75) is 23.1 Å². The van der Waals surface area contributed by atoms with Crippen LogP contribution in [0.15, 0.2) is 29.2 Å². The number of rotatable bonds is 3. The summed E-state index contributed by atoms with van der Waals surface area (Å²) in [6.45, 7) is 2.00. The molecule has 0 fully saturated rings. The number of alkyl halides is 1. The average molecular weight is 281 g/mol. The molecule has 0 spiro atoms. The topological polar surface area (TPSA) is 34.1 Å². The van der Waals surface area contributed by atoms with E-state index in [0.29, 0.717) is 0 Å². The van der Waals surface area contributed by atoms with Gasteiger partial charge in [-0.05, 0) is 24.1 Å². The Kier molecular flexibility index (Phi) is 3.66. The highest BCUT2D eigenvalue weighted by Crippen LogP contribution is 2.26. The predicted octanol–water partition coefficient (Wildman–Crippen LogP) is 3.19. The highest BCUT2D eigenvalue weighted by Gasteiger charge is 2.12. The maximum absolute atomic E-state index is 12.5. The first kappa shape index (κ1) is 11.7. The third kappa shape index (κ3) is 2.78. The Hall–Kier alpha value is -0.420. The van der Waals surface area contributed by atoms with Crippen LogP contribution in [0.2, 0.25) is 0 Å². The minimum Gasteiger partial charge on any atom is -0.189 e. The smallest absolute Gasteiger partial charge is 0.189 e. The average Bonchev–Trinajstić information content (AvgIpc) is 2.15. The minimum absolute atomic E-state index is 0.180. The Bertz CT molecular complexity index is 399. The van der Waals surface area contributed by atoms with E-state index in [1.807, 2.05) is 6.92 Å². The Balaban J connectivity index is 3.01. The molecule has 2 nitrogen and oxygen atoms in total. The zero-order valence-corrected chi connectivity index (χ0v) is 9.98. The summed E-state index contributed by atoms with van der Waals surface area (Å²) in [5, 5.41) is 0. The van der Waals surface area contributed by atoms with E-state index in [-0.39, 0.29) is 9.72 Å². The molecule has 1 aromatic rings. The van der Waals surface area contributed by atoms with Crippen LogP contribution in [0.1, 0.15) is 23.7 Å². The molecule has 78 valence electrons. The number of benzene rings is 1. The monoisotopic (exact) mass is 280 g/mol. The van der Waals surface area contributed by atoms with Crippen LogP contribution in [0.25, 0.3) is 0 Å². The molecule has 1 aromatic carbocycles. The highest BCUT2D eigenvalue weighted by molar-refractivity contribution is 9.09. The van der Waals surface area contributed by atoms with Gasteiger partial charge in [0.25, 0.3) is 0 Å². The third-order valence-electron chi connectivity index (χ3n) is 1.88. The predicted molar refractivity (Wildman–Crippen MR) is 56.7 cm³/mol. The molecule has 1 rings (SSSR count). The summed E-state index contributed by atoms with van der Waals surface area (Å²) in [6.07, 6.45) is 0.891. The Morgan fingerprint density at radius 1 is 1.36 bits per heavy atom. The summed E-state index contributed by atoms with van der Waals surface area (Å²) in [5.41, 5.74) is 0.944. The first-order valence-electron chi connectivity index (χ1n) is 4.14. The lowest BCUT2D eigenvalue weighted by atomic mass is 10.1. The van der Waals surface area contributed by atoms with Gasteiger partial charge in [-0.25, -0.2) is 0 Å². The zero-order valence-electron chi connectivity index (χ0n) is 7.57. The molecule has 0 amide bonds. The molecule has 5 heteroatoms. The molecule has 1 unspecified atom stereocenters. The Morgan fingerprint density at radius 2 is 1.86 bits per heavy atom. The van der Waals surface area contributed by atoms with Crippen LogP contribution < -0.4 is 0 Å². The quantitative estimate of drug-likeness (QED) is 0.630. The van der Waals surface area contributed by atoms with Crippen molar-refractivity contribution in [3.63, 3.8) is 0 Å². The molecule has 0 aromatic heterocycles. The first-order chi connectivity index (χ1) is 6.45. The van der Waals surface area contributed by atoms with E-state index in [0.717, 1.165) is 12.0 Å². The van der Waals surface area contributed by atoms with E-state index in [9.17, 15) is 12.3 Å². The molecular formula is C9H10BrFO2S. The first-order valence-corrected chi connectivity index (χ1v) is 6.43. The fourth-order valence-corrected chi connectivity index (χ4v) is 1.84. The van der Waals surface area contributed by atoms with Crippen LogP contribution in [0.4, 0.5) is 3.89 Å². The normalized spacial score (nSPS) is 13.9. The van der Waals surface area contributed by atoms with Gasteiger partial charge in [-0.1, -0.05) is 35.0 Å². The molecule has 0 aliphatic carbocycles. The van der Waals surface area contributed by atoms with Crippen LogP contribution in [-0.2, 0) is 10.2 Å². The molecular weight excluding hydrogens is 271 g/mol. The molecule has 0 N–H and O–H groups in total. The summed E-state index contributed by atoms with van der Waals surface area (Å²) in [4.78, 5) is -0.115. The summed E-state index contributed by atoms with van der Waals surface area (Å²) < 4.78 is 33.5. The summed E-state index contributed by atoms with van der Waals surface area (Å²) >= 11 is 3.42. The van der Waals surface area contributed by atoms with Gasteiger partial charge in [-0.15, -0.1) is 3.89 Å². The number of halogens is 2. The second kappa shape index (κ2) is 4.40. The Labute approximate surface area is 91.5 Å². The lowest BCUT2D eigenvalue weighted by molar-refractivity contribution is 0.552. The van der Waals surface area contributed by atoms with Crippen molar-refractivity contribution in [2.24, 2.45) is 0 Å². The fourth-order valence-electron chi connectivity index (χ4n) is 1.07. The number of hydrogen-bond acceptors (Lipinski definition) is 2. The SMILES string of the molecule is CCC(Br)c1ccc(S(=O)(=O)F)cc1. The maximum atomic E-state index is 12.5. The van der Waals surface area contributed by atoms with E-state index >= 15 is 0 Å². The standard InChI is InChI=1S/C9H10BrFO2S/c1-2-9(10)7-3-5-8(6-4-7)14(11,12)13/h3-6,9H,2H2,1H3. The molecule has 0 saturated heterocycles. The minimum atomic E-state index is -4.57. The fraction of sp³-hybridized carbons (Fsp3) is 0.333. The van der Waals surface area contributed by atoms with Crippen molar-refractivity contribution in [1.29, 1.82) is 0 Å². The largest absolute Gasteiger partial charge is 0.332 e. The number of hydrogen-bond donors (Lipinski definition) is 0. The van der Waals surface area contributed by atoms with Crippen molar-refractivity contribution in [3.8, 4) is 0 Å². The van der Waals surface area contributed by atoms with Crippen LogP contribution >= 0.6 is 15.9 Å². The molecule has 0 heterocycles. The highest BCUT2D eigenvalue weighted by atomic mass is 79.9. The van der Waals surface area contributed by atoms with Gasteiger partial charge in [-0.2, -0.15) is 8.42 Å². The Morgan fingerprint density at radius 3 is 2.21 bits per heavy atom. The lowest BCUT2D eigenvalue weighted by Crippen LogP contribution is -1.93. The van der Waals surface area contributed by atoms with E-state index < -0.39 is 10.2 Å². The third-order valence-corrected chi connectivity index (χ3v) is 3.89. The molecule has 0 bridgehead atoms. The van der Waals surface area contributed by atoms with Crippen LogP contribution in [-0.4, -0.2) is 8.42 Å². The van der Waals surface area contributed by atoms with Crippen molar-refractivity contribution in [1.82, 2.24) is 0 Å². The second-order valence-corrected chi connectivity index (χ2v) is 5.34. The van der Waals surface area contributed by atoms with E-state index in [4.69, 9.17) is 0 Å². The van der Waals surface area contributed by atoms with Crippen molar-refractivity contribution in [2.75, 3.05) is 0 Å². The lowest BCUT2D eigenvalue weighted by Gasteiger charge is -2.06. The van der Waals surface area contributed by atoms with Crippen molar-refractivity contribution in [3.05, 3.63) is 29.8 Å². The summed E-state index contributed by atoms with van der Waals surface area (Å²) in [6, 6.07) is 5.76. The van der Waals surface area contributed by atoms with Gasteiger partial charge in [0.2, 0.25) is 0 Å². The molecule has 0 aliphatic rings. The maximum Gasteiger partial charge on any atom is 0.332 e. The van der Waals surface area contributed by atoms with Crippen LogP contribution in [0.5, 0.6) is 0 Å². The van der Waals surface area contributed by atoms with Crippen LogP contribution in [0.3, 0.4) is 0 Å². The molecule has 0 saturated carbocycles.